The minimum atomic E-state index is -0.105. The Kier molecular flexibility index (Phi) is 5.58. The molecule has 18 heavy (non-hydrogen) atoms. The summed E-state index contributed by atoms with van der Waals surface area (Å²) in [6, 6.07) is 3.35. The molecule has 0 radical (unpaired) electrons. The Morgan fingerprint density at radius 2 is 2.17 bits per heavy atom. The van der Waals surface area contributed by atoms with Gasteiger partial charge in [0, 0.05) is 24.3 Å². The molecule has 0 aromatic carbocycles. The summed E-state index contributed by atoms with van der Waals surface area (Å²) in [5.74, 6) is 0.223. The Hall–Kier alpha value is -1.62. The topological polar surface area (TPSA) is 79.5 Å². The van der Waals surface area contributed by atoms with Crippen molar-refractivity contribution < 1.29 is 9.90 Å². The minimum absolute atomic E-state index is 0.0389. The van der Waals surface area contributed by atoms with Gasteiger partial charge in [0.15, 0.2) is 0 Å². The monoisotopic (exact) mass is 251 g/mol. The Morgan fingerprint density at radius 3 is 2.67 bits per heavy atom. The molecule has 0 aliphatic heterocycles. The molecule has 0 spiro atoms. The first-order valence-corrected chi connectivity index (χ1v) is 6.27. The summed E-state index contributed by atoms with van der Waals surface area (Å²) in [6.07, 6.45) is 3.25. The largest absolute Gasteiger partial charge is 0.395 e. The van der Waals surface area contributed by atoms with E-state index in [1.54, 1.807) is 17.0 Å². The van der Waals surface area contributed by atoms with E-state index in [0.717, 1.165) is 12.8 Å². The van der Waals surface area contributed by atoms with Crippen LogP contribution in [0.1, 0.15) is 37.0 Å². The van der Waals surface area contributed by atoms with Gasteiger partial charge in [0.2, 0.25) is 0 Å². The molecule has 1 aromatic heterocycles. The number of aliphatic hydroxyl groups is 1. The number of aromatic nitrogens is 1. The van der Waals surface area contributed by atoms with Crippen molar-refractivity contribution in [2.24, 2.45) is 0 Å². The molecule has 3 N–H and O–H groups in total. The summed E-state index contributed by atoms with van der Waals surface area (Å²) in [5.41, 5.74) is 6.10. The van der Waals surface area contributed by atoms with Crippen LogP contribution in [0, 0.1) is 0 Å². The number of rotatable bonds is 6. The van der Waals surface area contributed by atoms with E-state index in [2.05, 4.69) is 4.98 Å². The number of nitrogens with two attached hydrogens (primary N) is 1. The fraction of sp³-hybridized carbons (Fsp3) is 0.538. The third-order valence-corrected chi connectivity index (χ3v) is 3.01. The standard InChI is InChI=1S/C13H21N3O2/c1-3-11(4-2)16(7-8-17)13(18)10-5-6-15-12(14)9-10/h5-6,9,11,17H,3-4,7-8H2,1-2H3,(H2,14,15). The predicted octanol–water partition coefficient (Wildman–Crippen LogP) is 1.29. The number of hydrogen-bond donors (Lipinski definition) is 2. The van der Waals surface area contributed by atoms with E-state index in [-0.39, 0.29) is 18.6 Å². The van der Waals surface area contributed by atoms with Crippen LogP contribution in [0.4, 0.5) is 5.82 Å². The zero-order valence-electron chi connectivity index (χ0n) is 11.0. The number of nitrogen functional groups attached to an aromatic ring is 1. The van der Waals surface area contributed by atoms with Crippen molar-refractivity contribution in [2.75, 3.05) is 18.9 Å². The molecule has 0 aliphatic rings. The highest BCUT2D eigenvalue weighted by molar-refractivity contribution is 5.95. The number of hydrogen-bond acceptors (Lipinski definition) is 4. The number of carbonyl (C=O) groups excluding carboxylic acids is 1. The van der Waals surface area contributed by atoms with E-state index in [1.165, 1.54) is 6.20 Å². The average Bonchev–Trinajstić information content (AvgIpc) is 2.38. The van der Waals surface area contributed by atoms with E-state index in [1.807, 2.05) is 13.8 Å². The van der Waals surface area contributed by atoms with Gasteiger partial charge in [-0.2, -0.15) is 0 Å². The zero-order valence-corrected chi connectivity index (χ0v) is 11.0. The van der Waals surface area contributed by atoms with Gasteiger partial charge in [0.1, 0.15) is 5.82 Å². The van der Waals surface area contributed by atoms with Crippen LogP contribution in [0.2, 0.25) is 0 Å². The lowest BCUT2D eigenvalue weighted by atomic mass is 10.1. The molecule has 1 amide bonds. The molecular formula is C13H21N3O2. The van der Waals surface area contributed by atoms with Crippen molar-refractivity contribution in [1.29, 1.82) is 0 Å². The zero-order chi connectivity index (χ0) is 13.5. The number of aliphatic hydroxyl groups excluding tert-OH is 1. The Bertz CT molecular complexity index is 392. The molecular weight excluding hydrogens is 230 g/mol. The average molecular weight is 251 g/mol. The minimum Gasteiger partial charge on any atom is -0.395 e. The highest BCUT2D eigenvalue weighted by Gasteiger charge is 2.21. The molecule has 1 heterocycles. The van der Waals surface area contributed by atoms with Gasteiger partial charge in [0.05, 0.1) is 6.61 Å². The molecule has 0 atom stereocenters. The second kappa shape index (κ2) is 6.96. The van der Waals surface area contributed by atoms with Crippen molar-refractivity contribution in [3.05, 3.63) is 23.9 Å². The summed E-state index contributed by atoms with van der Waals surface area (Å²) in [7, 11) is 0. The van der Waals surface area contributed by atoms with E-state index in [9.17, 15) is 4.79 Å². The summed E-state index contributed by atoms with van der Waals surface area (Å²) >= 11 is 0. The summed E-state index contributed by atoms with van der Waals surface area (Å²) in [4.78, 5) is 18.0. The maximum absolute atomic E-state index is 12.4. The normalized spacial score (nSPS) is 10.7. The number of carbonyl (C=O) groups is 1. The first-order chi connectivity index (χ1) is 8.63. The highest BCUT2D eigenvalue weighted by Crippen LogP contribution is 2.14. The van der Waals surface area contributed by atoms with E-state index < -0.39 is 0 Å². The highest BCUT2D eigenvalue weighted by atomic mass is 16.3. The van der Waals surface area contributed by atoms with Crippen LogP contribution in [0.5, 0.6) is 0 Å². The Morgan fingerprint density at radius 1 is 1.50 bits per heavy atom. The molecule has 1 rings (SSSR count). The molecule has 0 bridgehead atoms. The second-order valence-electron chi connectivity index (χ2n) is 4.16. The van der Waals surface area contributed by atoms with E-state index in [4.69, 9.17) is 10.8 Å². The van der Waals surface area contributed by atoms with Crippen molar-refractivity contribution in [1.82, 2.24) is 9.88 Å². The van der Waals surface area contributed by atoms with Crippen molar-refractivity contribution in [3.8, 4) is 0 Å². The second-order valence-corrected chi connectivity index (χ2v) is 4.16. The van der Waals surface area contributed by atoms with E-state index >= 15 is 0 Å². The van der Waals surface area contributed by atoms with Gasteiger partial charge in [0.25, 0.3) is 5.91 Å². The maximum atomic E-state index is 12.4. The third-order valence-electron chi connectivity index (χ3n) is 3.01. The SMILES string of the molecule is CCC(CC)N(CCO)C(=O)c1ccnc(N)c1. The molecule has 1 aromatic rings. The number of pyridine rings is 1. The van der Waals surface area contributed by atoms with Gasteiger partial charge >= 0.3 is 0 Å². The van der Waals surface area contributed by atoms with Crippen molar-refractivity contribution in [3.63, 3.8) is 0 Å². The summed E-state index contributed by atoms with van der Waals surface area (Å²) < 4.78 is 0. The maximum Gasteiger partial charge on any atom is 0.254 e. The molecule has 0 unspecified atom stereocenters. The van der Waals surface area contributed by atoms with Crippen LogP contribution in [-0.4, -0.2) is 40.1 Å². The van der Waals surface area contributed by atoms with Crippen LogP contribution in [0.25, 0.3) is 0 Å². The lowest BCUT2D eigenvalue weighted by molar-refractivity contribution is 0.0622. The summed E-state index contributed by atoms with van der Waals surface area (Å²) in [6.45, 7) is 4.37. The van der Waals surface area contributed by atoms with Crippen LogP contribution in [0.15, 0.2) is 18.3 Å². The Balaban J connectivity index is 2.95. The first kappa shape index (κ1) is 14.4. The van der Waals surface area contributed by atoms with Gasteiger partial charge in [-0.15, -0.1) is 0 Å². The van der Waals surface area contributed by atoms with Gasteiger partial charge in [-0.3, -0.25) is 4.79 Å². The molecule has 0 aliphatic carbocycles. The fourth-order valence-corrected chi connectivity index (χ4v) is 2.03. The number of nitrogens with zero attached hydrogens (tertiary/aromatic N) is 2. The Labute approximate surface area is 108 Å². The number of anilines is 1. The quantitative estimate of drug-likeness (QED) is 0.798. The van der Waals surface area contributed by atoms with Crippen LogP contribution < -0.4 is 5.73 Å². The third kappa shape index (κ3) is 3.43. The van der Waals surface area contributed by atoms with E-state index in [0.29, 0.717) is 17.9 Å². The predicted molar refractivity (Wildman–Crippen MR) is 71.1 cm³/mol. The van der Waals surface area contributed by atoms with Gasteiger partial charge < -0.3 is 15.7 Å². The van der Waals surface area contributed by atoms with Gasteiger partial charge in [-0.05, 0) is 25.0 Å². The van der Waals surface area contributed by atoms with Crippen LogP contribution in [0.3, 0.4) is 0 Å². The smallest absolute Gasteiger partial charge is 0.254 e. The van der Waals surface area contributed by atoms with Gasteiger partial charge in [-0.25, -0.2) is 4.98 Å². The molecule has 100 valence electrons. The molecule has 5 nitrogen and oxygen atoms in total. The van der Waals surface area contributed by atoms with Crippen molar-refractivity contribution in [2.45, 2.75) is 32.7 Å². The molecule has 5 heteroatoms. The fourth-order valence-electron chi connectivity index (χ4n) is 2.03. The summed E-state index contributed by atoms with van der Waals surface area (Å²) in [5, 5.41) is 9.10. The van der Waals surface area contributed by atoms with Crippen LogP contribution >= 0.6 is 0 Å². The molecule has 0 saturated heterocycles. The molecule has 0 fully saturated rings. The van der Waals surface area contributed by atoms with Crippen molar-refractivity contribution >= 4 is 11.7 Å². The first-order valence-electron chi connectivity index (χ1n) is 6.27. The number of amides is 1. The van der Waals surface area contributed by atoms with Gasteiger partial charge in [-0.1, -0.05) is 13.8 Å². The lowest BCUT2D eigenvalue weighted by Gasteiger charge is -2.30. The van der Waals surface area contributed by atoms with Crippen LogP contribution in [-0.2, 0) is 0 Å². The lowest BCUT2D eigenvalue weighted by Crippen LogP contribution is -2.41. The molecule has 0 saturated carbocycles.